The highest BCUT2D eigenvalue weighted by molar-refractivity contribution is 9.10. The van der Waals surface area contributed by atoms with E-state index in [1.807, 2.05) is 29.8 Å². The van der Waals surface area contributed by atoms with Gasteiger partial charge in [0.05, 0.1) is 0 Å². The minimum atomic E-state index is 0.0423. The van der Waals surface area contributed by atoms with E-state index in [1.54, 1.807) is 12.1 Å². The highest BCUT2D eigenvalue weighted by Crippen LogP contribution is 2.25. The average molecular weight is 335 g/mol. The van der Waals surface area contributed by atoms with Crippen molar-refractivity contribution in [3.8, 4) is 0 Å². The van der Waals surface area contributed by atoms with E-state index in [0.717, 1.165) is 22.4 Å². The Morgan fingerprint density at radius 3 is 2.88 bits per heavy atom. The first-order valence-corrected chi connectivity index (χ1v) is 7.71. The van der Waals surface area contributed by atoms with Crippen LogP contribution in [-0.2, 0) is 0 Å². The van der Waals surface area contributed by atoms with Gasteiger partial charge in [0, 0.05) is 33.9 Å². The van der Waals surface area contributed by atoms with E-state index in [2.05, 4.69) is 15.9 Å². The van der Waals surface area contributed by atoms with Gasteiger partial charge in [-0.05, 0) is 30.4 Å². The van der Waals surface area contributed by atoms with E-state index >= 15 is 0 Å². The van der Waals surface area contributed by atoms with Crippen LogP contribution in [0.3, 0.4) is 0 Å². The van der Waals surface area contributed by atoms with Gasteiger partial charge in [-0.15, -0.1) is 0 Å². The quantitative estimate of drug-likeness (QED) is 0.822. The number of rotatable bonds is 2. The van der Waals surface area contributed by atoms with Crippen LogP contribution in [-0.4, -0.2) is 35.4 Å². The maximum absolute atomic E-state index is 12.3. The smallest absolute Gasteiger partial charge is 0.253 e. The third kappa shape index (κ3) is 3.18. The predicted molar refractivity (Wildman–Crippen MR) is 77.0 cm³/mol. The minimum absolute atomic E-state index is 0.0423. The van der Waals surface area contributed by atoms with Crippen molar-refractivity contribution in [1.29, 1.82) is 0 Å². The molecule has 17 heavy (non-hydrogen) atoms. The maximum atomic E-state index is 12.3. The zero-order valence-electron chi connectivity index (χ0n) is 9.45. The molecule has 1 saturated heterocycles. The monoisotopic (exact) mass is 333 g/mol. The van der Waals surface area contributed by atoms with Crippen LogP contribution >= 0.6 is 39.3 Å². The average Bonchev–Trinajstić information content (AvgIpc) is 2.79. The van der Waals surface area contributed by atoms with E-state index in [-0.39, 0.29) is 5.91 Å². The Bertz CT molecular complexity index is 414. The number of hydrogen-bond donors (Lipinski definition) is 0. The van der Waals surface area contributed by atoms with Gasteiger partial charge in [-0.3, -0.25) is 4.79 Å². The first-order chi connectivity index (χ1) is 8.08. The van der Waals surface area contributed by atoms with Crippen molar-refractivity contribution in [2.75, 3.05) is 18.6 Å². The maximum Gasteiger partial charge on any atom is 0.253 e. The Hall–Kier alpha value is -0.190. The number of amides is 1. The molecular weight excluding hydrogens is 322 g/mol. The Labute approximate surface area is 119 Å². The molecule has 1 aromatic carbocycles. The summed E-state index contributed by atoms with van der Waals surface area (Å²) < 4.78 is 0.836. The van der Waals surface area contributed by atoms with Crippen LogP contribution in [0.25, 0.3) is 0 Å². The Morgan fingerprint density at radius 2 is 2.29 bits per heavy atom. The second-order valence-electron chi connectivity index (χ2n) is 4.09. The van der Waals surface area contributed by atoms with Gasteiger partial charge >= 0.3 is 0 Å². The molecule has 1 aliphatic rings. The van der Waals surface area contributed by atoms with Crippen LogP contribution in [0.2, 0.25) is 5.02 Å². The number of hydrogen-bond acceptors (Lipinski definition) is 2. The summed E-state index contributed by atoms with van der Waals surface area (Å²) >= 11 is 11.2. The van der Waals surface area contributed by atoms with Crippen molar-refractivity contribution >= 4 is 45.2 Å². The third-order valence-corrected chi connectivity index (χ3v) is 4.70. The molecule has 1 aliphatic heterocycles. The number of thioether (sulfide) groups is 1. The van der Waals surface area contributed by atoms with E-state index in [9.17, 15) is 4.79 Å². The first kappa shape index (κ1) is 13.2. The Morgan fingerprint density at radius 1 is 1.53 bits per heavy atom. The number of carbonyl (C=O) groups excluding carboxylic acids is 1. The van der Waals surface area contributed by atoms with Gasteiger partial charge in [-0.2, -0.15) is 11.8 Å². The lowest BCUT2D eigenvalue weighted by atomic mass is 10.1. The molecule has 0 radical (unpaired) electrons. The number of benzene rings is 1. The van der Waals surface area contributed by atoms with E-state index in [4.69, 9.17) is 11.6 Å². The van der Waals surface area contributed by atoms with Crippen molar-refractivity contribution in [2.24, 2.45) is 0 Å². The molecule has 1 atom stereocenters. The molecule has 0 saturated carbocycles. The molecule has 1 unspecified atom stereocenters. The SMILES string of the molecule is CN(C(=O)c1cc(Cl)cc(Br)c1)C1CCSC1. The molecule has 0 aliphatic carbocycles. The molecule has 2 nitrogen and oxygen atoms in total. The zero-order valence-corrected chi connectivity index (χ0v) is 12.6. The topological polar surface area (TPSA) is 20.3 Å². The summed E-state index contributed by atoms with van der Waals surface area (Å²) in [6.45, 7) is 0. The number of nitrogens with zero attached hydrogens (tertiary/aromatic N) is 1. The van der Waals surface area contributed by atoms with Crippen molar-refractivity contribution < 1.29 is 4.79 Å². The molecule has 5 heteroatoms. The van der Waals surface area contributed by atoms with Crippen molar-refractivity contribution in [2.45, 2.75) is 12.5 Å². The highest BCUT2D eigenvalue weighted by atomic mass is 79.9. The Balaban J connectivity index is 2.17. The Kier molecular flexibility index (Phi) is 4.39. The molecule has 2 rings (SSSR count). The molecule has 92 valence electrons. The van der Waals surface area contributed by atoms with Gasteiger partial charge in [0.25, 0.3) is 5.91 Å². The molecule has 0 N–H and O–H groups in total. The molecule has 1 heterocycles. The highest BCUT2D eigenvalue weighted by Gasteiger charge is 2.24. The van der Waals surface area contributed by atoms with E-state index in [1.165, 1.54) is 0 Å². The molecule has 1 aromatic rings. The summed E-state index contributed by atoms with van der Waals surface area (Å²) in [5.74, 6) is 2.21. The number of carbonyl (C=O) groups is 1. The molecule has 1 amide bonds. The summed E-state index contributed by atoms with van der Waals surface area (Å²) in [4.78, 5) is 14.1. The van der Waals surface area contributed by atoms with Crippen LogP contribution in [0, 0.1) is 0 Å². The molecule has 1 fully saturated rings. The summed E-state index contributed by atoms with van der Waals surface area (Å²) in [5.41, 5.74) is 0.642. The second-order valence-corrected chi connectivity index (χ2v) is 6.59. The van der Waals surface area contributed by atoms with Gasteiger partial charge < -0.3 is 4.90 Å². The summed E-state index contributed by atoms with van der Waals surface area (Å²) in [7, 11) is 1.87. The molecule has 0 spiro atoms. The standard InChI is InChI=1S/C12H13BrClNOS/c1-15(11-2-3-17-7-11)12(16)8-4-9(13)6-10(14)5-8/h4-6,11H,2-3,7H2,1H3. The van der Waals surface area contributed by atoms with E-state index < -0.39 is 0 Å². The van der Waals surface area contributed by atoms with Crippen LogP contribution in [0.4, 0.5) is 0 Å². The summed E-state index contributed by atoms with van der Waals surface area (Å²) in [6, 6.07) is 5.66. The van der Waals surface area contributed by atoms with Gasteiger partial charge in [-0.1, -0.05) is 27.5 Å². The lowest BCUT2D eigenvalue weighted by Gasteiger charge is -2.24. The zero-order chi connectivity index (χ0) is 12.4. The van der Waals surface area contributed by atoms with Crippen molar-refractivity contribution in [3.05, 3.63) is 33.3 Å². The lowest BCUT2D eigenvalue weighted by molar-refractivity contribution is 0.0748. The van der Waals surface area contributed by atoms with Crippen LogP contribution < -0.4 is 0 Å². The minimum Gasteiger partial charge on any atom is -0.338 e. The van der Waals surface area contributed by atoms with Crippen LogP contribution in [0.1, 0.15) is 16.8 Å². The van der Waals surface area contributed by atoms with Gasteiger partial charge in [0.2, 0.25) is 0 Å². The second kappa shape index (κ2) is 5.63. The summed E-state index contributed by atoms with van der Waals surface area (Å²) in [5, 5.41) is 0.580. The molecule has 0 aromatic heterocycles. The fourth-order valence-electron chi connectivity index (χ4n) is 1.87. The van der Waals surface area contributed by atoms with Crippen LogP contribution in [0.15, 0.2) is 22.7 Å². The van der Waals surface area contributed by atoms with Gasteiger partial charge in [0.15, 0.2) is 0 Å². The molecular formula is C12H13BrClNOS. The third-order valence-electron chi connectivity index (χ3n) is 2.88. The molecule has 0 bridgehead atoms. The fraction of sp³-hybridized carbons (Fsp3) is 0.417. The normalized spacial score (nSPS) is 19.4. The lowest BCUT2D eigenvalue weighted by Crippen LogP contribution is -2.36. The van der Waals surface area contributed by atoms with Gasteiger partial charge in [-0.25, -0.2) is 0 Å². The van der Waals surface area contributed by atoms with Crippen molar-refractivity contribution in [1.82, 2.24) is 4.90 Å². The number of halogens is 2. The first-order valence-electron chi connectivity index (χ1n) is 5.39. The van der Waals surface area contributed by atoms with Crippen molar-refractivity contribution in [3.63, 3.8) is 0 Å². The fourth-order valence-corrected chi connectivity index (χ4v) is 4.00. The van der Waals surface area contributed by atoms with Gasteiger partial charge in [0.1, 0.15) is 0 Å². The largest absolute Gasteiger partial charge is 0.338 e. The van der Waals surface area contributed by atoms with E-state index in [0.29, 0.717) is 16.6 Å². The van der Waals surface area contributed by atoms with Crippen LogP contribution in [0.5, 0.6) is 0 Å². The summed E-state index contributed by atoms with van der Waals surface area (Å²) in [6.07, 6.45) is 1.08. The predicted octanol–water partition coefficient (Wildman–Crippen LogP) is 3.68.